The van der Waals surface area contributed by atoms with Crippen LogP contribution >= 0.6 is 11.3 Å². The Hall–Kier alpha value is -1.14. The number of hydrogen-bond donors (Lipinski definition) is 1. The summed E-state index contributed by atoms with van der Waals surface area (Å²) in [6.07, 6.45) is 2.13. The van der Waals surface area contributed by atoms with Crippen LogP contribution in [0, 0.1) is 0 Å². The highest BCUT2D eigenvalue weighted by atomic mass is 32.1. The van der Waals surface area contributed by atoms with E-state index in [0.29, 0.717) is 10.9 Å². The molecule has 2 rings (SSSR count). The van der Waals surface area contributed by atoms with Gasteiger partial charge in [-0.25, -0.2) is 9.78 Å². The van der Waals surface area contributed by atoms with Crippen LogP contribution in [0.3, 0.4) is 0 Å². The van der Waals surface area contributed by atoms with Crippen molar-refractivity contribution in [2.45, 2.75) is 45.6 Å². The highest BCUT2D eigenvalue weighted by Gasteiger charge is 2.27. The third-order valence-corrected chi connectivity index (χ3v) is 5.10. The number of likely N-dealkylation sites (N-methyl/N-ethyl adjacent to an activating group) is 1. The van der Waals surface area contributed by atoms with E-state index in [2.05, 4.69) is 28.8 Å². The van der Waals surface area contributed by atoms with Crippen molar-refractivity contribution in [3.63, 3.8) is 0 Å². The van der Waals surface area contributed by atoms with Crippen LogP contribution in [0.2, 0.25) is 0 Å². The van der Waals surface area contributed by atoms with Crippen LogP contribution in [0.25, 0.3) is 0 Å². The van der Waals surface area contributed by atoms with Gasteiger partial charge in [-0.3, -0.25) is 0 Å². The number of anilines is 1. The Morgan fingerprint density at radius 1 is 1.48 bits per heavy atom. The lowest BCUT2D eigenvalue weighted by atomic mass is 10.1. The van der Waals surface area contributed by atoms with Gasteiger partial charge < -0.3 is 14.9 Å². The zero-order valence-electron chi connectivity index (χ0n) is 13.3. The lowest BCUT2D eigenvalue weighted by Crippen LogP contribution is -2.39. The molecule has 0 amide bonds. The van der Waals surface area contributed by atoms with Gasteiger partial charge in [0.15, 0.2) is 5.13 Å². The summed E-state index contributed by atoms with van der Waals surface area (Å²) in [6, 6.07) is 0.408. The molecule has 1 fully saturated rings. The molecule has 6 heteroatoms. The number of rotatable bonds is 4. The molecule has 21 heavy (non-hydrogen) atoms. The number of carboxylic acids is 1. The standard InChI is InChI=1S/C15H25N3O2S/c1-5-11-9-17(4)7-6-8-18(11)15-16-12(10(2)3)13(21-15)14(19)20/h10-11H,5-9H2,1-4H3,(H,19,20). The summed E-state index contributed by atoms with van der Waals surface area (Å²) in [5, 5.41) is 10.3. The van der Waals surface area contributed by atoms with E-state index in [9.17, 15) is 9.90 Å². The van der Waals surface area contributed by atoms with Gasteiger partial charge in [-0.1, -0.05) is 32.1 Å². The molecule has 1 aromatic rings. The van der Waals surface area contributed by atoms with Gasteiger partial charge in [0.25, 0.3) is 0 Å². The Balaban J connectivity index is 2.35. The lowest BCUT2D eigenvalue weighted by molar-refractivity contribution is 0.0700. The van der Waals surface area contributed by atoms with E-state index in [4.69, 9.17) is 0 Å². The number of aromatic carboxylic acids is 1. The van der Waals surface area contributed by atoms with Gasteiger partial charge in [0, 0.05) is 19.1 Å². The third-order valence-electron chi connectivity index (χ3n) is 4.00. The molecule has 1 aliphatic rings. The van der Waals surface area contributed by atoms with E-state index in [1.165, 1.54) is 11.3 Å². The second-order valence-corrected chi connectivity index (χ2v) is 7.02. The van der Waals surface area contributed by atoms with Gasteiger partial charge >= 0.3 is 5.97 Å². The van der Waals surface area contributed by atoms with E-state index in [1.54, 1.807) is 0 Å². The van der Waals surface area contributed by atoms with Gasteiger partial charge in [-0.15, -0.1) is 0 Å². The molecule has 1 aromatic heterocycles. The largest absolute Gasteiger partial charge is 0.477 e. The molecule has 1 unspecified atom stereocenters. The van der Waals surface area contributed by atoms with Crippen LogP contribution < -0.4 is 4.90 Å². The summed E-state index contributed by atoms with van der Waals surface area (Å²) >= 11 is 1.33. The second-order valence-electron chi connectivity index (χ2n) is 6.04. The number of carbonyl (C=O) groups is 1. The molecule has 0 aromatic carbocycles. The van der Waals surface area contributed by atoms with E-state index < -0.39 is 5.97 Å². The molecule has 1 saturated heterocycles. The quantitative estimate of drug-likeness (QED) is 0.926. The fourth-order valence-electron chi connectivity index (χ4n) is 2.83. The van der Waals surface area contributed by atoms with Gasteiger partial charge in [-0.2, -0.15) is 0 Å². The van der Waals surface area contributed by atoms with Crippen molar-refractivity contribution in [3.8, 4) is 0 Å². The monoisotopic (exact) mass is 311 g/mol. The number of aromatic nitrogens is 1. The van der Waals surface area contributed by atoms with Crippen molar-refractivity contribution in [2.75, 3.05) is 31.6 Å². The molecule has 0 saturated carbocycles. The lowest BCUT2D eigenvalue weighted by Gasteiger charge is -2.29. The van der Waals surface area contributed by atoms with Crippen LogP contribution in [0.5, 0.6) is 0 Å². The number of hydrogen-bond acceptors (Lipinski definition) is 5. The van der Waals surface area contributed by atoms with Crippen LogP contribution in [0.1, 0.15) is 54.9 Å². The number of nitrogens with zero attached hydrogens (tertiary/aromatic N) is 3. The zero-order chi connectivity index (χ0) is 15.6. The molecule has 1 aliphatic heterocycles. The van der Waals surface area contributed by atoms with E-state index >= 15 is 0 Å². The molecule has 0 radical (unpaired) electrons. The Morgan fingerprint density at radius 3 is 2.71 bits per heavy atom. The van der Waals surface area contributed by atoms with Crippen molar-refractivity contribution in [2.24, 2.45) is 0 Å². The Bertz CT molecular complexity index is 501. The maximum absolute atomic E-state index is 11.4. The molecule has 1 N–H and O–H groups in total. The predicted octanol–water partition coefficient (Wildman–Crippen LogP) is 2.89. The van der Waals surface area contributed by atoms with Gasteiger partial charge in [0.1, 0.15) is 4.88 Å². The predicted molar refractivity (Wildman–Crippen MR) is 86.7 cm³/mol. The van der Waals surface area contributed by atoms with Crippen molar-refractivity contribution < 1.29 is 9.90 Å². The van der Waals surface area contributed by atoms with Gasteiger partial charge in [0.05, 0.1) is 5.69 Å². The van der Waals surface area contributed by atoms with Crippen molar-refractivity contribution in [3.05, 3.63) is 10.6 Å². The number of carboxylic acid groups (broad SMARTS) is 1. The molecule has 1 atom stereocenters. The Kier molecular flexibility index (Phi) is 5.22. The Morgan fingerprint density at radius 2 is 2.19 bits per heavy atom. The highest BCUT2D eigenvalue weighted by molar-refractivity contribution is 7.17. The summed E-state index contributed by atoms with van der Waals surface area (Å²) < 4.78 is 0. The molecular weight excluding hydrogens is 286 g/mol. The molecule has 0 bridgehead atoms. The average Bonchev–Trinajstić information content (AvgIpc) is 2.78. The van der Waals surface area contributed by atoms with Crippen LogP contribution in [-0.4, -0.2) is 53.7 Å². The first kappa shape index (κ1) is 16.2. The molecule has 118 valence electrons. The zero-order valence-corrected chi connectivity index (χ0v) is 14.1. The second kappa shape index (κ2) is 6.75. The fourth-order valence-corrected chi connectivity index (χ4v) is 3.99. The minimum atomic E-state index is -0.859. The maximum Gasteiger partial charge on any atom is 0.347 e. The van der Waals surface area contributed by atoms with Crippen LogP contribution in [0.4, 0.5) is 5.13 Å². The minimum absolute atomic E-state index is 0.135. The maximum atomic E-state index is 11.4. The molecule has 0 spiro atoms. The normalized spacial score (nSPS) is 20.8. The SMILES string of the molecule is CCC1CN(C)CCCN1c1nc(C(C)C)c(C(=O)O)s1. The van der Waals surface area contributed by atoms with Crippen molar-refractivity contribution in [1.29, 1.82) is 0 Å². The van der Waals surface area contributed by atoms with Crippen molar-refractivity contribution in [1.82, 2.24) is 9.88 Å². The highest BCUT2D eigenvalue weighted by Crippen LogP contribution is 2.33. The molecular formula is C15H25N3O2S. The summed E-state index contributed by atoms with van der Waals surface area (Å²) in [7, 11) is 2.15. The minimum Gasteiger partial charge on any atom is -0.477 e. The summed E-state index contributed by atoms with van der Waals surface area (Å²) in [4.78, 5) is 21.2. The first-order valence-electron chi connectivity index (χ1n) is 7.63. The molecule has 2 heterocycles. The van der Waals surface area contributed by atoms with Gasteiger partial charge in [-0.05, 0) is 32.4 Å². The Labute approximate surface area is 130 Å². The fraction of sp³-hybridized carbons (Fsp3) is 0.733. The smallest absolute Gasteiger partial charge is 0.347 e. The number of thiazole rings is 1. The summed E-state index contributed by atoms with van der Waals surface area (Å²) in [5.41, 5.74) is 0.718. The first-order valence-corrected chi connectivity index (χ1v) is 8.44. The summed E-state index contributed by atoms with van der Waals surface area (Å²) in [6.45, 7) is 9.23. The van der Waals surface area contributed by atoms with E-state index in [-0.39, 0.29) is 5.92 Å². The first-order chi connectivity index (χ1) is 9.93. The topological polar surface area (TPSA) is 56.7 Å². The average molecular weight is 311 g/mol. The van der Waals surface area contributed by atoms with E-state index in [0.717, 1.165) is 43.3 Å². The van der Waals surface area contributed by atoms with Gasteiger partial charge in [0.2, 0.25) is 0 Å². The third kappa shape index (κ3) is 3.55. The van der Waals surface area contributed by atoms with Crippen LogP contribution in [-0.2, 0) is 0 Å². The van der Waals surface area contributed by atoms with Crippen LogP contribution in [0.15, 0.2) is 0 Å². The van der Waals surface area contributed by atoms with Crippen molar-refractivity contribution >= 4 is 22.4 Å². The molecule has 5 nitrogen and oxygen atoms in total. The van der Waals surface area contributed by atoms with E-state index in [1.807, 2.05) is 13.8 Å². The molecule has 0 aliphatic carbocycles. The summed E-state index contributed by atoms with van der Waals surface area (Å²) in [5.74, 6) is -0.724.